The zero-order chi connectivity index (χ0) is 16.2. The molecule has 0 radical (unpaired) electrons. The number of benzene rings is 1. The number of hydrogen-bond acceptors (Lipinski definition) is 6. The molecule has 7 heteroatoms. The second-order valence-electron chi connectivity index (χ2n) is 5.10. The van der Waals surface area contributed by atoms with Gasteiger partial charge in [-0.15, -0.1) is 0 Å². The number of fused-ring (bicyclic) bond motifs is 1. The van der Waals surface area contributed by atoms with Crippen molar-refractivity contribution in [3.63, 3.8) is 0 Å². The minimum absolute atomic E-state index is 0.0159. The van der Waals surface area contributed by atoms with Gasteiger partial charge in [0.1, 0.15) is 0 Å². The van der Waals surface area contributed by atoms with Crippen molar-refractivity contribution in [2.75, 3.05) is 0 Å². The number of aromatic nitrogens is 4. The Balaban J connectivity index is 1.88. The molecule has 23 heavy (non-hydrogen) atoms. The Hall–Kier alpha value is -2.15. The SMILES string of the molecule is CCCc1noc(CSc2nc3ccccc3c(=O)n2CC)n1. The Morgan fingerprint density at radius 2 is 2.04 bits per heavy atom. The zero-order valence-corrected chi connectivity index (χ0v) is 14.0. The molecular weight excluding hydrogens is 312 g/mol. The van der Waals surface area contributed by atoms with E-state index in [0.717, 1.165) is 18.7 Å². The van der Waals surface area contributed by atoms with E-state index in [1.54, 1.807) is 10.6 Å². The van der Waals surface area contributed by atoms with Gasteiger partial charge in [-0.25, -0.2) is 4.98 Å². The fourth-order valence-electron chi connectivity index (χ4n) is 2.34. The molecule has 3 aromatic rings. The topological polar surface area (TPSA) is 73.8 Å². The lowest BCUT2D eigenvalue weighted by Crippen LogP contribution is -2.22. The number of para-hydroxylation sites is 1. The van der Waals surface area contributed by atoms with E-state index < -0.39 is 0 Å². The molecule has 0 saturated heterocycles. The van der Waals surface area contributed by atoms with Gasteiger partial charge >= 0.3 is 0 Å². The van der Waals surface area contributed by atoms with E-state index in [2.05, 4.69) is 22.0 Å². The maximum absolute atomic E-state index is 12.5. The number of hydrogen-bond donors (Lipinski definition) is 0. The quantitative estimate of drug-likeness (QED) is 0.511. The van der Waals surface area contributed by atoms with Crippen molar-refractivity contribution in [2.24, 2.45) is 0 Å². The van der Waals surface area contributed by atoms with Gasteiger partial charge in [0.05, 0.1) is 16.7 Å². The highest BCUT2D eigenvalue weighted by atomic mass is 32.2. The third kappa shape index (κ3) is 3.29. The van der Waals surface area contributed by atoms with Gasteiger partial charge in [-0.3, -0.25) is 9.36 Å². The van der Waals surface area contributed by atoms with Crippen molar-refractivity contribution in [1.82, 2.24) is 19.7 Å². The molecule has 0 fully saturated rings. The summed E-state index contributed by atoms with van der Waals surface area (Å²) in [7, 11) is 0. The van der Waals surface area contributed by atoms with Gasteiger partial charge in [0.15, 0.2) is 11.0 Å². The minimum Gasteiger partial charge on any atom is -0.338 e. The molecule has 0 N–H and O–H groups in total. The summed E-state index contributed by atoms with van der Waals surface area (Å²) in [6, 6.07) is 7.40. The largest absolute Gasteiger partial charge is 0.338 e. The van der Waals surface area contributed by atoms with Crippen LogP contribution in [0.4, 0.5) is 0 Å². The van der Waals surface area contributed by atoms with E-state index in [0.29, 0.717) is 34.2 Å². The molecule has 2 aromatic heterocycles. The fourth-order valence-corrected chi connectivity index (χ4v) is 3.24. The van der Waals surface area contributed by atoms with Gasteiger partial charge in [-0.1, -0.05) is 36.0 Å². The molecule has 6 nitrogen and oxygen atoms in total. The third-order valence-electron chi connectivity index (χ3n) is 3.45. The summed E-state index contributed by atoms with van der Waals surface area (Å²) in [5.74, 6) is 1.78. The Bertz CT molecular complexity index is 872. The molecule has 1 aromatic carbocycles. The molecule has 0 amide bonds. The van der Waals surface area contributed by atoms with Gasteiger partial charge in [0.2, 0.25) is 5.89 Å². The first kappa shape index (κ1) is 15.7. The Kier molecular flexibility index (Phi) is 4.76. The molecule has 0 aliphatic carbocycles. The molecule has 0 unspecified atom stereocenters. The predicted molar refractivity (Wildman–Crippen MR) is 89.5 cm³/mol. The van der Waals surface area contributed by atoms with Gasteiger partial charge in [0, 0.05) is 13.0 Å². The summed E-state index contributed by atoms with van der Waals surface area (Å²) < 4.78 is 6.91. The van der Waals surface area contributed by atoms with Crippen molar-refractivity contribution in [3.8, 4) is 0 Å². The summed E-state index contributed by atoms with van der Waals surface area (Å²) in [4.78, 5) is 21.5. The standard InChI is InChI=1S/C16H18N4O2S/c1-3-7-13-18-14(22-19-13)10-23-16-17-12-9-6-5-8-11(12)15(21)20(16)4-2/h5-6,8-9H,3-4,7,10H2,1-2H3. The third-order valence-corrected chi connectivity index (χ3v) is 4.41. The average molecular weight is 330 g/mol. The van der Waals surface area contributed by atoms with Crippen LogP contribution in [0.25, 0.3) is 10.9 Å². The van der Waals surface area contributed by atoms with Crippen LogP contribution in [-0.4, -0.2) is 19.7 Å². The summed E-state index contributed by atoms with van der Waals surface area (Å²) in [6.45, 7) is 4.58. The van der Waals surface area contributed by atoms with Crippen LogP contribution < -0.4 is 5.56 Å². The highest BCUT2D eigenvalue weighted by Crippen LogP contribution is 2.21. The van der Waals surface area contributed by atoms with Crippen LogP contribution >= 0.6 is 11.8 Å². The molecule has 0 saturated carbocycles. The van der Waals surface area contributed by atoms with Gasteiger partial charge < -0.3 is 4.52 Å². The van der Waals surface area contributed by atoms with E-state index in [9.17, 15) is 4.79 Å². The van der Waals surface area contributed by atoms with Crippen molar-refractivity contribution in [2.45, 2.75) is 44.1 Å². The van der Waals surface area contributed by atoms with Crippen LogP contribution in [0.5, 0.6) is 0 Å². The van der Waals surface area contributed by atoms with Crippen molar-refractivity contribution in [1.29, 1.82) is 0 Å². The summed E-state index contributed by atoms with van der Waals surface area (Å²) >= 11 is 1.44. The van der Waals surface area contributed by atoms with Crippen LogP contribution in [-0.2, 0) is 18.7 Å². The molecule has 0 bridgehead atoms. The van der Waals surface area contributed by atoms with Gasteiger partial charge in [-0.2, -0.15) is 4.98 Å². The zero-order valence-electron chi connectivity index (χ0n) is 13.2. The molecular formula is C16H18N4O2S. The maximum atomic E-state index is 12.5. The van der Waals surface area contributed by atoms with Crippen molar-refractivity contribution >= 4 is 22.7 Å². The number of thioether (sulfide) groups is 1. The van der Waals surface area contributed by atoms with Gasteiger partial charge in [-0.05, 0) is 25.5 Å². The summed E-state index contributed by atoms with van der Waals surface area (Å²) in [5, 5.41) is 5.25. The van der Waals surface area contributed by atoms with Crippen molar-refractivity contribution < 1.29 is 4.52 Å². The van der Waals surface area contributed by atoms with E-state index in [4.69, 9.17) is 4.52 Å². The van der Waals surface area contributed by atoms with Crippen LogP contribution in [0, 0.1) is 0 Å². The van der Waals surface area contributed by atoms with Crippen LogP contribution in [0.1, 0.15) is 32.0 Å². The Morgan fingerprint density at radius 1 is 1.22 bits per heavy atom. The first-order valence-electron chi connectivity index (χ1n) is 7.66. The number of nitrogens with zero attached hydrogens (tertiary/aromatic N) is 4. The summed E-state index contributed by atoms with van der Waals surface area (Å²) in [5.41, 5.74) is 0.694. The average Bonchev–Trinajstić information content (AvgIpc) is 3.01. The molecule has 0 atom stereocenters. The van der Waals surface area contributed by atoms with Crippen LogP contribution in [0.2, 0.25) is 0 Å². The predicted octanol–water partition coefficient (Wildman–Crippen LogP) is 3.04. The van der Waals surface area contributed by atoms with Crippen LogP contribution in [0.15, 0.2) is 38.7 Å². The molecule has 0 aliphatic heterocycles. The monoisotopic (exact) mass is 330 g/mol. The highest BCUT2D eigenvalue weighted by Gasteiger charge is 2.12. The first-order chi connectivity index (χ1) is 11.2. The highest BCUT2D eigenvalue weighted by molar-refractivity contribution is 7.98. The van der Waals surface area contributed by atoms with Crippen molar-refractivity contribution in [3.05, 3.63) is 46.3 Å². The first-order valence-corrected chi connectivity index (χ1v) is 8.65. The lowest BCUT2D eigenvalue weighted by molar-refractivity contribution is 0.384. The van der Waals surface area contributed by atoms with Crippen LogP contribution in [0.3, 0.4) is 0 Å². The number of aryl methyl sites for hydroxylation is 1. The second-order valence-corrected chi connectivity index (χ2v) is 6.05. The molecule has 120 valence electrons. The fraction of sp³-hybridized carbons (Fsp3) is 0.375. The lowest BCUT2D eigenvalue weighted by Gasteiger charge is -2.10. The maximum Gasteiger partial charge on any atom is 0.262 e. The Labute approximate surface area is 137 Å². The summed E-state index contributed by atoms with van der Waals surface area (Å²) in [6.07, 6.45) is 1.79. The van der Waals surface area contributed by atoms with E-state index in [1.807, 2.05) is 25.1 Å². The molecule has 3 rings (SSSR count). The van der Waals surface area contributed by atoms with E-state index in [-0.39, 0.29) is 5.56 Å². The molecule has 0 aliphatic rings. The number of rotatable bonds is 6. The Morgan fingerprint density at radius 3 is 2.83 bits per heavy atom. The lowest BCUT2D eigenvalue weighted by atomic mass is 10.2. The smallest absolute Gasteiger partial charge is 0.262 e. The van der Waals surface area contributed by atoms with E-state index >= 15 is 0 Å². The van der Waals surface area contributed by atoms with E-state index in [1.165, 1.54) is 11.8 Å². The minimum atomic E-state index is -0.0159. The normalized spacial score (nSPS) is 11.2. The van der Waals surface area contributed by atoms with Gasteiger partial charge in [0.25, 0.3) is 5.56 Å². The second kappa shape index (κ2) is 6.95. The molecule has 0 spiro atoms. The molecule has 2 heterocycles.